The zero-order valence-corrected chi connectivity index (χ0v) is 27.2. The first-order valence-electron chi connectivity index (χ1n) is 10.9. The van der Waals surface area contributed by atoms with Crippen molar-refractivity contribution in [2.24, 2.45) is 22.7 Å². The van der Waals surface area contributed by atoms with Crippen molar-refractivity contribution in [2.45, 2.75) is 122 Å². The summed E-state index contributed by atoms with van der Waals surface area (Å²) in [7, 11) is 0. The molecule has 0 aromatic rings. The van der Waals surface area contributed by atoms with Gasteiger partial charge in [0.05, 0.1) is 0 Å². The van der Waals surface area contributed by atoms with Gasteiger partial charge in [0.15, 0.2) is 0 Å². The van der Waals surface area contributed by atoms with Gasteiger partial charge in [0.25, 0.3) is 0 Å². The van der Waals surface area contributed by atoms with Crippen LogP contribution in [0.3, 0.4) is 0 Å². The molecule has 0 aromatic heterocycles. The van der Waals surface area contributed by atoms with Gasteiger partial charge in [-0.3, -0.25) is 0 Å². The van der Waals surface area contributed by atoms with Crippen LogP contribution in [0.15, 0.2) is 0 Å². The maximum Gasteiger partial charge on any atom is 0.106 e. The van der Waals surface area contributed by atoms with E-state index in [2.05, 4.69) is 62.3 Å². The normalized spacial score (nSPS) is 13.3. The quantitative estimate of drug-likeness (QED) is 0.312. The Hall–Kier alpha value is 0.967. The van der Waals surface area contributed by atoms with Crippen molar-refractivity contribution in [3.05, 3.63) is 0 Å². The maximum absolute atomic E-state index is 8.57. The molecular formula is C25H58O3W2. The van der Waals surface area contributed by atoms with Gasteiger partial charge in [-0.2, -0.15) is 0 Å². The summed E-state index contributed by atoms with van der Waals surface area (Å²) in [6, 6.07) is 0. The molecule has 1 unspecified atom stereocenters. The van der Waals surface area contributed by atoms with Gasteiger partial charge in [-0.05, 0) is 35.5 Å². The third-order valence-electron chi connectivity index (χ3n) is 4.86. The Morgan fingerprint density at radius 3 is 1.17 bits per heavy atom. The molecule has 188 valence electrons. The standard InChI is InChI=1S/C6H12O.2C6H14.C5H12O.CH2O.CH4.2W/c7-5-6-3-1-2-4-6;2*1-5-6(2,3)4;1-3-5(2)4-6;1-2;;;/h6-7H,1-5H2;2*5H2,1-4H3;5-6H,3-4H2,1-2H3;1H2;1H4;;. The van der Waals surface area contributed by atoms with Crippen LogP contribution in [0.1, 0.15) is 122 Å². The van der Waals surface area contributed by atoms with Crippen LogP contribution in [0.5, 0.6) is 0 Å². The predicted molar refractivity (Wildman–Crippen MR) is 129 cm³/mol. The minimum absolute atomic E-state index is 0. The molecule has 0 bridgehead atoms. The van der Waals surface area contributed by atoms with Gasteiger partial charge < -0.3 is 15.0 Å². The van der Waals surface area contributed by atoms with Crippen LogP contribution in [0, 0.1) is 22.7 Å². The number of rotatable bonds is 3. The van der Waals surface area contributed by atoms with Crippen LogP contribution >= 0.6 is 0 Å². The van der Waals surface area contributed by atoms with Gasteiger partial charge >= 0.3 is 0 Å². The fraction of sp³-hybridized carbons (Fsp3) is 0.960. The summed E-state index contributed by atoms with van der Waals surface area (Å²) < 4.78 is 0. The predicted octanol–water partition coefficient (Wildman–Crippen LogP) is 7.52. The van der Waals surface area contributed by atoms with E-state index in [0.717, 1.165) is 6.42 Å². The summed E-state index contributed by atoms with van der Waals surface area (Å²) in [4.78, 5) is 8.00. The molecule has 1 rings (SSSR count). The Bertz CT molecular complexity index is 251. The van der Waals surface area contributed by atoms with E-state index in [9.17, 15) is 0 Å². The topological polar surface area (TPSA) is 57.5 Å². The number of carbonyl (C=O) groups is 1. The zero-order valence-electron chi connectivity index (χ0n) is 21.3. The summed E-state index contributed by atoms with van der Waals surface area (Å²) in [6.45, 7) is 24.7. The van der Waals surface area contributed by atoms with E-state index < -0.39 is 0 Å². The summed E-state index contributed by atoms with van der Waals surface area (Å²) in [6.07, 6.45) is 8.82. The number of carbonyl (C=O) groups excluding carboxylic acids is 1. The Kier molecular flexibility index (Phi) is 51.9. The zero-order chi connectivity index (χ0) is 22.5. The van der Waals surface area contributed by atoms with E-state index in [1.54, 1.807) is 0 Å². The van der Waals surface area contributed by atoms with E-state index >= 15 is 0 Å². The molecule has 2 N–H and O–H groups in total. The summed E-state index contributed by atoms with van der Waals surface area (Å²) >= 11 is 0. The van der Waals surface area contributed by atoms with E-state index in [-0.39, 0.29) is 49.6 Å². The van der Waals surface area contributed by atoms with Crippen LogP contribution in [0.25, 0.3) is 0 Å². The summed E-state index contributed by atoms with van der Waals surface area (Å²) in [5.41, 5.74) is 1.08. The fourth-order valence-corrected chi connectivity index (χ4v) is 1.32. The van der Waals surface area contributed by atoms with Gasteiger partial charge in [0, 0.05) is 55.3 Å². The van der Waals surface area contributed by atoms with Gasteiger partial charge in [0.2, 0.25) is 0 Å². The number of hydrogen-bond donors (Lipinski definition) is 2. The van der Waals surface area contributed by atoms with Crippen molar-refractivity contribution < 1.29 is 57.1 Å². The first kappa shape index (κ1) is 48.4. The second-order valence-corrected chi connectivity index (χ2v) is 9.86. The first-order chi connectivity index (χ1) is 12.4. The van der Waals surface area contributed by atoms with Crippen molar-refractivity contribution in [3.8, 4) is 0 Å². The molecule has 3 nitrogen and oxygen atoms in total. The molecule has 0 saturated heterocycles. The van der Waals surface area contributed by atoms with Crippen LogP contribution in [0.2, 0.25) is 0 Å². The SMILES string of the molecule is C.C=O.CCC(C)(C)C.CCC(C)(C)C.CCC(C)CO.OCC1CCCC1.[W].[W]. The second-order valence-electron chi connectivity index (χ2n) is 9.86. The number of aliphatic hydroxyl groups is 2. The van der Waals surface area contributed by atoms with Crippen molar-refractivity contribution in [2.75, 3.05) is 13.2 Å². The van der Waals surface area contributed by atoms with E-state index in [0.29, 0.717) is 35.9 Å². The number of hydrogen-bond acceptors (Lipinski definition) is 3. The van der Waals surface area contributed by atoms with Crippen LogP contribution in [0.4, 0.5) is 0 Å². The summed E-state index contributed by atoms with van der Waals surface area (Å²) in [5, 5.41) is 16.9. The Morgan fingerprint density at radius 1 is 0.833 bits per heavy atom. The molecule has 0 radical (unpaired) electrons. The van der Waals surface area contributed by atoms with Crippen molar-refractivity contribution in [1.29, 1.82) is 0 Å². The Morgan fingerprint density at radius 2 is 1.10 bits per heavy atom. The Labute approximate surface area is 220 Å². The van der Waals surface area contributed by atoms with Crippen LogP contribution < -0.4 is 0 Å². The molecule has 1 saturated carbocycles. The second kappa shape index (κ2) is 32.1. The van der Waals surface area contributed by atoms with Crippen molar-refractivity contribution in [1.82, 2.24) is 0 Å². The molecule has 0 aromatic carbocycles. The third kappa shape index (κ3) is 56.8. The van der Waals surface area contributed by atoms with Crippen molar-refractivity contribution >= 4 is 6.79 Å². The molecule has 1 aliphatic carbocycles. The van der Waals surface area contributed by atoms with Gasteiger partial charge in [0.1, 0.15) is 6.79 Å². The molecule has 1 aliphatic rings. The largest absolute Gasteiger partial charge is 0.396 e. The average molecular weight is 774 g/mol. The third-order valence-corrected chi connectivity index (χ3v) is 4.86. The minimum Gasteiger partial charge on any atom is -0.396 e. The summed E-state index contributed by atoms with van der Waals surface area (Å²) in [5.74, 6) is 1.14. The smallest absolute Gasteiger partial charge is 0.106 e. The average Bonchev–Trinajstić information content (AvgIpc) is 3.17. The molecule has 30 heavy (non-hydrogen) atoms. The van der Waals surface area contributed by atoms with E-state index in [4.69, 9.17) is 15.0 Å². The molecular weight excluding hydrogens is 716 g/mol. The molecule has 0 spiro atoms. The molecule has 5 heteroatoms. The fourth-order valence-electron chi connectivity index (χ4n) is 1.32. The molecule has 0 amide bonds. The number of aliphatic hydroxyl groups excluding tert-OH is 2. The van der Waals surface area contributed by atoms with Crippen molar-refractivity contribution in [3.63, 3.8) is 0 Å². The van der Waals surface area contributed by atoms with Gasteiger partial charge in [-0.25, -0.2) is 0 Å². The Balaban J connectivity index is -0.0000000444. The van der Waals surface area contributed by atoms with E-state index in [1.165, 1.54) is 38.5 Å². The molecule has 1 atom stereocenters. The molecule has 0 aliphatic heterocycles. The maximum atomic E-state index is 8.57. The van der Waals surface area contributed by atoms with E-state index in [1.807, 2.05) is 13.7 Å². The molecule has 0 heterocycles. The van der Waals surface area contributed by atoms with Crippen LogP contribution in [-0.4, -0.2) is 30.2 Å². The monoisotopic (exact) mass is 774 g/mol. The molecule has 1 fully saturated rings. The van der Waals surface area contributed by atoms with Crippen LogP contribution in [-0.2, 0) is 46.9 Å². The first-order valence-corrected chi connectivity index (χ1v) is 10.9. The minimum atomic E-state index is 0. The van der Waals surface area contributed by atoms with Gasteiger partial charge in [-0.1, -0.05) is 109 Å². The van der Waals surface area contributed by atoms with Gasteiger partial charge in [-0.15, -0.1) is 0 Å².